The Morgan fingerprint density at radius 3 is 2.19 bits per heavy atom. The van der Waals surface area contributed by atoms with Gasteiger partial charge in [-0.2, -0.15) is 0 Å². The molecule has 1 aliphatic carbocycles. The van der Waals surface area contributed by atoms with Gasteiger partial charge in [0.05, 0.1) is 0 Å². The lowest BCUT2D eigenvalue weighted by molar-refractivity contribution is 0.252. The first-order chi connectivity index (χ1) is 15.1. The van der Waals surface area contributed by atoms with Gasteiger partial charge < -0.3 is 0 Å². The first-order valence-corrected chi connectivity index (χ1v) is 11.6. The van der Waals surface area contributed by atoms with Crippen molar-refractivity contribution in [3.63, 3.8) is 0 Å². The van der Waals surface area contributed by atoms with Crippen LogP contribution in [0, 0.1) is 35.3 Å². The highest BCUT2D eigenvalue weighted by atomic mass is 19.2. The van der Waals surface area contributed by atoms with Crippen LogP contribution in [-0.4, -0.2) is 0 Å². The van der Waals surface area contributed by atoms with Crippen LogP contribution in [0.3, 0.4) is 0 Å². The van der Waals surface area contributed by atoms with Gasteiger partial charge in [-0.15, -0.1) is 0 Å². The number of rotatable bonds is 5. The lowest BCUT2D eigenvalue weighted by Crippen LogP contribution is -2.15. The number of benzene rings is 3. The van der Waals surface area contributed by atoms with Gasteiger partial charge in [0.1, 0.15) is 0 Å². The number of hydrogen-bond acceptors (Lipinski definition) is 0. The molecule has 0 unspecified atom stereocenters. The fraction of sp³-hybridized carbons (Fsp3) is 0.379. The second-order valence-electron chi connectivity index (χ2n) is 8.91. The van der Waals surface area contributed by atoms with Crippen LogP contribution >= 0.6 is 0 Å². The molecule has 31 heavy (non-hydrogen) atoms. The zero-order valence-electron chi connectivity index (χ0n) is 18.3. The van der Waals surface area contributed by atoms with Crippen LogP contribution in [0.4, 0.5) is 8.78 Å². The average Bonchev–Trinajstić information content (AvgIpc) is 2.79. The van der Waals surface area contributed by atoms with Gasteiger partial charge >= 0.3 is 0 Å². The van der Waals surface area contributed by atoms with Crippen molar-refractivity contribution in [2.75, 3.05) is 0 Å². The Balaban J connectivity index is 1.49. The molecule has 0 bridgehead atoms. The van der Waals surface area contributed by atoms with Crippen molar-refractivity contribution >= 4 is 10.8 Å². The van der Waals surface area contributed by atoms with Gasteiger partial charge in [0.25, 0.3) is 0 Å². The van der Waals surface area contributed by atoms with E-state index in [4.69, 9.17) is 0 Å². The predicted molar refractivity (Wildman–Crippen MR) is 125 cm³/mol. The molecule has 0 spiro atoms. The summed E-state index contributed by atoms with van der Waals surface area (Å²) in [5, 5.41) is 1.31. The molecule has 0 amide bonds. The van der Waals surface area contributed by atoms with Crippen LogP contribution in [0.25, 0.3) is 10.8 Å². The SMILES string of the molecule is CCCC1CCC(CCc2ccccc2C#Cc2cccc3cc(F)c(F)cc23)CC1. The van der Waals surface area contributed by atoms with Gasteiger partial charge in [0.2, 0.25) is 0 Å². The molecule has 1 aliphatic rings. The van der Waals surface area contributed by atoms with Crippen LogP contribution in [0.2, 0.25) is 0 Å². The summed E-state index contributed by atoms with van der Waals surface area (Å²) >= 11 is 0. The van der Waals surface area contributed by atoms with E-state index in [1.807, 2.05) is 18.2 Å². The molecule has 2 heteroatoms. The van der Waals surface area contributed by atoms with Crippen molar-refractivity contribution in [1.29, 1.82) is 0 Å². The molecule has 1 saturated carbocycles. The van der Waals surface area contributed by atoms with E-state index in [1.165, 1.54) is 62.6 Å². The Bertz CT molecular complexity index is 1090. The molecule has 1 fully saturated rings. The van der Waals surface area contributed by atoms with Crippen molar-refractivity contribution < 1.29 is 8.78 Å². The topological polar surface area (TPSA) is 0 Å². The van der Waals surface area contributed by atoms with Gasteiger partial charge in [-0.25, -0.2) is 8.78 Å². The highest BCUT2D eigenvalue weighted by molar-refractivity contribution is 5.88. The van der Waals surface area contributed by atoms with E-state index in [0.717, 1.165) is 29.4 Å². The molecule has 0 aliphatic heterocycles. The fourth-order valence-electron chi connectivity index (χ4n) is 4.95. The maximum Gasteiger partial charge on any atom is 0.159 e. The standard InChI is InChI=1S/C29H30F2/c1-2-6-21-11-13-22(14-12-21)15-16-23-7-3-4-8-24(23)17-18-25-9-5-10-26-19-28(30)29(31)20-27(25)26/h3-5,7-10,19-22H,2,6,11-16H2,1H3. The normalized spacial score (nSPS) is 18.5. The minimum absolute atomic E-state index is 0.648. The van der Waals surface area contributed by atoms with Crippen molar-refractivity contribution in [2.45, 2.75) is 58.3 Å². The Morgan fingerprint density at radius 1 is 0.774 bits per heavy atom. The van der Waals surface area contributed by atoms with Crippen LogP contribution in [0.1, 0.15) is 68.6 Å². The molecule has 0 atom stereocenters. The highest BCUT2D eigenvalue weighted by Gasteiger charge is 2.20. The summed E-state index contributed by atoms with van der Waals surface area (Å²) in [5.41, 5.74) is 3.03. The van der Waals surface area contributed by atoms with E-state index in [2.05, 4.69) is 37.0 Å². The van der Waals surface area contributed by atoms with E-state index in [9.17, 15) is 8.78 Å². The molecule has 0 N–H and O–H groups in total. The Hall–Kier alpha value is -2.66. The minimum atomic E-state index is -0.837. The molecule has 3 aromatic carbocycles. The second kappa shape index (κ2) is 10.1. The van der Waals surface area contributed by atoms with Crippen LogP contribution < -0.4 is 0 Å². The first-order valence-electron chi connectivity index (χ1n) is 11.6. The van der Waals surface area contributed by atoms with Crippen molar-refractivity contribution in [3.05, 3.63) is 82.9 Å². The number of aryl methyl sites for hydroxylation is 1. The molecule has 3 aromatic rings. The molecule has 0 radical (unpaired) electrons. The van der Waals surface area contributed by atoms with E-state index >= 15 is 0 Å². The van der Waals surface area contributed by atoms with Crippen molar-refractivity contribution in [1.82, 2.24) is 0 Å². The molecule has 0 saturated heterocycles. The summed E-state index contributed by atoms with van der Waals surface area (Å²) in [6.07, 6.45) is 10.4. The molecule has 0 heterocycles. The van der Waals surface area contributed by atoms with Gasteiger partial charge in [-0.3, -0.25) is 0 Å². The summed E-state index contributed by atoms with van der Waals surface area (Å²) in [6, 6.07) is 16.3. The lowest BCUT2D eigenvalue weighted by atomic mass is 9.78. The zero-order valence-corrected chi connectivity index (χ0v) is 18.3. The maximum atomic E-state index is 13.8. The van der Waals surface area contributed by atoms with Crippen LogP contribution in [-0.2, 0) is 6.42 Å². The second-order valence-corrected chi connectivity index (χ2v) is 8.91. The number of hydrogen-bond donors (Lipinski definition) is 0. The van der Waals surface area contributed by atoms with E-state index < -0.39 is 11.6 Å². The summed E-state index contributed by atoms with van der Waals surface area (Å²) in [7, 11) is 0. The monoisotopic (exact) mass is 416 g/mol. The molecular formula is C29H30F2. The zero-order chi connectivity index (χ0) is 21.6. The Morgan fingerprint density at radius 2 is 1.42 bits per heavy atom. The number of halogens is 2. The van der Waals surface area contributed by atoms with E-state index in [1.54, 1.807) is 6.07 Å². The maximum absolute atomic E-state index is 13.8. The van der Waals surface area contributed by atoms with E-state index in [0.29, 0.717) is 10.8 Å². The van der Waals surface area contributed by atoms with Gasteiger partial charge in [-0.1, -0.05) is 87.6 Å². The van der Waals surface area contributed by atoms with Crippen LogP contribution in [0.5, 0.6) is 0 Å². The molecular weight excluding hydrogens is 386 g/mol. The van der Waals surface area contributed by atoms with Gasteiger partial charge in [0.15, 0.2) is 11.6 Å². The smallest absolute Gasteiger partial charge is 0.159 e. The average molecular weight is 417 g/mol. The third kappa shape index (κ3) is 5.34. The Kier molecular flexibility index (Phi) is 7.03. The third-order valence-corrected chi connectivity index (χ3v) is 6.76. The van der Waals surface area contributed by atoms with Gasteiger partial charge in [0, 0.05) is 16.5 Å². The van der Waals surface area contributed by atoms with Crippen molar-refractivity contribution in [2.24, 2.45) is 11.8 Å². The lowest BCUT2D eigenvalue weighted by Gasteiger charge is -2.28. The highest BCUT2D eigenvalue weighted by Crippen LogP contribution is 2.34. The molecule has 160 valence electrons. The summed E-state index contributed by atoms with van der Waals surface area (Å²) < 4.78 is 27.3. The Labute approximate surface area is 184 Å². The molecule has 0 nitrogen and oxygen atoms in total. The third-order valence-electron chi connectivity index (χ3n) is 6.76. The first kappa shape index (κ1) is 21.6. The summed E-state index contributed by atoms with van der Waals surface area (Å²) in [5.74, 6) is 6.61. The number of fused-ring (bicyclic) bond motifs is 1. The molecule has 0 aromatic heterocycles. The largest absolute Gasteiger partial charge is 0.204 e. The van der Waals surface area contributed by atoms with E-state index in [-0.39, 0.29) is 0 Å². The fourth-order valence-corrected chi connectivity index (χ4v) is 4.95. The predicted octanol–water partition coefficient (Wildman–Crippen LogP) is 8.06. The van der Waals surface area contributed by atoms with Crippen molar-refractivity contribution in [3.8, 4) is 11.8 Å². The summed E-state index contributed by atoms with van der Waals surface area (Å²) in [4.78, 5) is 0. The quantitative estimate of drug-likeness (QED) is 0.369. The molecule has 4 rings (SSSR count). The van der Waals surface area contributed by atoms with Crippen LogP contribution in [0.15, 0.2) is 54.6 Å². The minimum Gasteiger partial charge on any atom is -0.204 e. The summed E-state index contributed by atoms with van der Waals surface area (Å²) in [6.45, 7) is 2.29. The van der Waals surface area contributed by atoms with Gasteiger partial charge in [-0.05, 0) is 59.9 Å².